The Morgan fingerprint density at radius 2 is 1.58 bits per heavy atom. The lowest BCUT2D eigenvalue weighted by Crippen LogP contribution is -2.50. The van der Waals surface area contributed by atoms with Gasteiger partial charge in [-0.1, -0.05) is 79.4 Å². The van der Waals surface area contributed by atoms with Crippen LogP contribution < -0.4 is 10.6 Å². The maximum atomic E-state index is 13.2. The number of urea groups is 1. The first-order valence-corrected chi connectivity index (χ1v) is 8.48. The highest BCUT2D eigenvalue weighted by molar-refractivity contribution is 6.02. The Labute approximate surface area is 151 Å². The number of hydrogen-bond donors (Lipinski definition) is 2. The summed E-state index contributed by atoms with van der Waals surface area (Å²) in [5, 5.41) is 7.67. The second-order valence-corrected chi connectivity index (χ2v) is 6.38. The number of Topliss-reactive ketones (excluding diaryl/α,β-unsaturated/α-hetero) is 1. The van der Waals surface area contributed by atoms with E-state index in [-0.39, 0.29) is 11.8 Å². The van der Waals surface area contributed by atoms with Crippen molar-refractivity contribution < 1.29 is 9.59 Å². The van der Waals surface area contributed by atoms with Crippen molar-refractivity contribution in [2.24, 2.45) is 5.92 Å². The van der Waals surface area contributed by atoms with Gasteiger partial charge in [0.15, 0.2) is 5.78 Å². The Bertz CT molecular complexity index is 1010. The van der Waals surface area contributed by atoms with Gasteiger partial charge in [0.1, 0.15) is 0 Å². The molecule has 0 unspecified atom stereocenters. The Balaban J connectivity index is 1.84. The van der Waals surface area contributed by atoms with E-state index in [2.05, 4.69) is 17.2 Å². The van der Waals surface area contributed by atoms with Gasteiger partial charge in [-0.2, -0.15) is 0 Å². The molecule has 0 aliphatic carbocycles. The first-order chi connectivity index (χ1) is 12.6. The number of carbonyl (C=O) groups excluding carboxylic acids is 2. The topological polar surface area (TPSA) is 58.2 Å². The maximum absolute atomic E-state index is 13.2. The van der Waals surface area contributed by atoms with Crippen molar-refractivity contribution in [1.82, 2.24) is 10.6 Å². The lowest BCUT2D eigenvalue weighted by atomic mass is 9.82. The number of hydrogen-bond acceptors (Lipinski definition) is 2. The summed E-state index contributed by atoms with van der Waals surface area (Å²) < 4.78 is 0. The van der Waals surface area contributed by atoms with Crippen LogP contribution in [0, 0.1) is 5.92 Å². The predicted octanol–water partition coefficient (Wildman–Crippen LogP) is 4.21. The second kappa shape index (κ2) is 6.48. The molecule has 1 saturated heterocycles. The number of ketones is 1. The monoisotopic (exact) mass is 342 g/mol. The van der Waals surface area contributed by atoms with E-state index in [4.69, 9.17) is 0 Å². The third-order valence-corrected chi connectivity index (χ3v) is 4.77. The van der Waals surface area contributed by atoms with Crippen molar-refractivity contribution in [3.63, 3.8) is 0 Å². The largest absolute Gasteiger partial charge is 0.330 e. The van der Waals surface area contributed by atoms with E-state index in [0.29, 0.717) is 11.3 Å². The molecule has 2 N–H and O–H groups in total. The summed E-state index contributed by atoms with van der Waals surface area (Å²) in [6.45, 7) is 3.96. The second-order valence-electron chi connectivity index (χ2n) is 6.38. The van der Waals surface area contributed by atoms with Gasteiger partial charge in [-0.3, -0.25) is 4.79 Å². The number of benzene rings is 3. The van der Waals surface area contributed by atoms with E-state index in [0.717, 1.165) is 16.3 Å². The average Bonchev–Trinajstić information content (AvgIpc) is 2.67. The zero-order valence-electron chi connectivity index (χ0n) is 14.1. The highest BCUT2D eigenvalue weighted by atomic mass is 16.2. The lowest BCUT2D eigenvalue weighted by Gasteiger charge is -2.34. The summed E-state index contributed by atoms with van der Waals surface area (Å²) in [5.41, 5.74) is 1.93. The van der Waals surface area contributed by atoms with E-state index in [1.807, 2.05) is 60.7 Å². The zero-order chi connectivity index (χ0) is 18.1. The van der Waals surface area contributed by atoms with Gasteiger partial charge in [0.05, 0.1) is 12.0 Å². The van der Waals surface area contributed by atoms with Crippen LogP contribution in [0.3, 0.4) is 0 Å². The van der Waals surface area contributed by atoms with Crippen LogP contribution in [0.4, 0.5) is 4.79 Å². The Morgan fingerprint density at radius 3 is 2.38 bits per heavy atom. The van der Waals surface area contributed by atoms with Crippen molar-refractivity contribution in [1.29, 1.82) is 0 Å². The molecule has 0 bridgehead atoms. The number of amides is 2. The first-order valence-electron chi connectivity index (χ1n) is 8.48. The molecule has 1 heterocycles. The Hall–Kier alpha value is -3.40. The normalized spacial score (nSPS) is 19.7. The van der Waals surface area contributed by atoms with Crippen molar-refractivity contribution >= 4 is 22.6 Å². The number of rotatable bonds is 3. The van der Waals surface area contributed by atoms with E-state index in [1.54, 1.807) is 12.1 Å². The van der Waals surface area contributed by atoms with E-state index < -0.39 is 12.0 Å². The fraction of sp³-hybridized carbons (Fsp3) is 0.0909. The molecule has 1 fully saturated rings. The molecule has 4 nitrogen and oxygen atoms in total. The van der Waals surface area contributed by atoms with Gasteiger partial charge < -0.3 is 10.6 Å². The molecule has 0 radical (unpaired) electrons. The summed E-state index contributed by atoms with van der Waals surface area (Å²) >= 11 is 0. The molecule has 128 valence electrons. The molecule has 4 heteroatoms. The maximum Gasteiger partial charge on any atom is 0.319 e. The van der Waals surface area contributed by atoms with Gasteiger partial charge in [0.25, 0.3) is 0 Å². The Kier molecular flexibility index (Phi) is 4.01. The summed E-state index contributed by atoms with van der Waals surface area (Å²) in [6.07, 6.45) is 0. The van der Waals surface area contributed by atoms with Crippen molar-refractivity contribution in [2.45, 2.75) is 6.04 Å². The van der Waals surface area contributed by atoms with Crippen LogP contribution in [0.25, 0.3) is 10.8 Å². The van der Waals surface area contributed by atoms with E-state index >= 15 is 0 Å². The van der Waals surface area contributed by atoms with Gasteiger partial charge in [0, 0.05) is 11.3 Å². The van der Waals surface area contributed by atoms with Crippen molar-refractivity contribution in [3.8, 4) is 0 Å². The van der Waals surface area contributed by atoms with Crippen LogP contribution in [0.15, 0.2) is 85.1 Å². The van der Waals surface area contributed by atoms with Crippen molar-refractivity contribution in [3.05, 3.63) is 96.2 Å². The minimum Gasteiger partial charge on any atom is -0.330 e. The van der Waals surface area contributed by atoms with Gasteiger partial charge >= 0.3 is 6.03 Å². The zero-order valence-corrected chi connectivity index (χ0v) is 14.1. The highest BCUT2D eigenvalue weighted by Crippen LogP contribution is 2.35. The molecule has 1 aliphatic heterocycles. The third-order valence-electron chi connectivity index (χ3n) is 4.77. The minimum atomic E-state index is -0.582. The summed E-state index contributed by atoms with van der Waals surface area (Å²) in [5.74, 6) is -0.651. The molecule has 2 amide bonds. The van der Waals surface area contributed by atoms with Crippen LogP contribution in [0.5, 0.6) is 0 Å². The number of fused-ring (bicyclic) bond motifs is 1. The van der Waals surface area contributed by atoms with Crippen LogP contribution >= 0.6 is 0 Å². The fourth-order valence-electron chi connectivity index (χ4n) is 3.56. The summed E-state index contributed by atoms with van der Waals surface area (Å²) in [4.78, 5) is 25.3. The third kappa shape index (κ3) is 2.75. The molecule has 3 aromatic carbocycles. The van der Waals surface area contributed by atoms with Crippen molar-refractivity contribution in [2.75, 3.05) is 0 Å². The summed E-state index contributed by atoms with van der Waals surface area (Å²) in [6, 6.07) is 22.1. The molecule has 0 spiro atoms. The fourth-order valence-corrected chi connectivity index (χ4v) is 3.56. The molecule has 4 rings (SSSR count). The smallest absolute Gasteiger partial charge is 0.319 e. The van der Waals surface area contributed by atoms with Crippen LogP contribution in [-0.2, 0) is 0 Å². The highest BCUT2D eigenvalue weighted by Gasteiger charge is 2.38. The van der Waals surface area contributed by atoms with Gasteiger partial charge in [-0.05, 0) is 16.3 Å². The molecular formula is C22H18N2O2. The van der Waals surface area contributed by atoms with Gasteiger partial charge in [-0.25, -0.2) is 4.79 Å². The Morgan fingerprint density at radius 1 is 0.885 bits per heavy atom. The average molecular weight is 342 g/mol. The van der Waals surface area contributed by atoms with Crippen LogP contribution in [0.2, 0.25) is 0 Å². The van der Waals surface area contributed by atoms with Gasteiger partial charge in [-0.15, -0.1) is 0 Å². The van der Waals surface area contributed by atoms with E-state index in [1.165, 1.54) is 0 Å². The summed E-state index contributed by atoms with van der Waals surface area (Å²) in [7, 11) is 0. The van der Waals surface area contributed by atoms with E-state index in [9.17, 15) is 9.59 Å². The number of nitrogens with one attached hydrogen (secondary N) is 2. The molecule has 0 saturated carbocycles. The number of carbonyl (C=O) groups is 2. The lowest BCUT2D eigenvalue weighted by molar-refractivity contribution is 0.0906. The van der Waals surface area contributed by atoms with Gasteiger partial charge in [0.2, 0.25) is 0 Å². The molecular weight excluding hydrogens is 324 g/mol. The molecule has 3 aromatic rings. The molecule has 0 aromatic heterocycles. The molecule has 26 heavy (non-hydrogen) atoms. The standard InChI is InChI=1S/C22H18N2O2/c1-14-19(21(25)16-9-3-2-4-10-16)20(24-22(26)23-14)18-13-7-11-15-8-5-6-12-17(15)18/h2-13,19-20H,1H2,(H2,23,24,26)/t19-,20+/m1/s1. The predicted molar refractivity (Wildman–Crippen MR) is 102 cm³/mol. The first kappa shape index (κ1) is 16.1. The van der Waals surface area contributed by atoms with Crippen LogP contribution in [0.1, 0.15) is 22.0 Å². The molecule has 1 aliphatic rings. The minimum absolute atomic E-state index is 0.0685. The van der Waals surface area contributed by atoms with Crippen LogP contribution in [-0.4, -0.2) is 11.8 Å². The SMILES string of the molecule is C=C1NC(=O)N[C@@H](c2cccc3ccccc23)[C@@H]1C(=O)c1ccccc1. The quantitative estimate of drug-likeness (QED) is 0.701. The molecule has 2 atom stereocenters.